The summed E-state index contributed by atoms with van der Waals surface area (Å²) in [6.45, 7) is 1.99. The average Bonchev–Trinajstić information content (AvgIpc) is 2.27. The van der Waals surface area contributed by atoms with Gasteiger partial charge in [-0.3, -0.25) is 4.79 Å². The molecule has 0 radical (unpaired) electrons. The van der Waals surface area contributed by atoms with E-state index in [1.165, 1.54) is 6.07 Å². The molecule has 1 amide bonds. The number of hydrogen-bond acceptors (Lipinski definition) is 3. The van der Waals surface area contributed by atoms with Gasteiger partial charge >= 0.3 is 0 Å². The van der Waals surface area contributed by atoms with Crippen LogP contribution in [0.1, 0.15) is 17.3 Å². The Morgan fingerprint density at radius 1 is 1.59 bits per heavy atom. The Morgan fingerprint density at radius 2 is 2.24 bits per heavy atom. The fraction of sp³-hybridized carbons (Fsp3) is 0.417. The maximum absolute atomic E-state index is 12.1. The van der Waals surface area contributed by atoms with E-state index in [4.69, 9.17) is 0 Å². The van der Waals surface area contributed by atoms with Gasteiger partial charge in [-0.15, -0.1) is 0 Å². The molecule has 1 rings (SSSR count). The summed E-state index contributed by atoms with van der Waals surface area (Å²) in [6, 6.07) is 5.05. The van der Waals surface area contributed by atoms with Crippen LogP contribution in [0.4, 0.5) is 0 Å². The summed E-state index contributed by atoms with van der Waals surface area (Å²) in [5, 5.41) is 9.74. The molecule has 94 valence electrons. The van der Waals surface area contributed by atoms with Crippen molar-refractivity contribution in [1.82, 2.24) is 4.90 Å². The minimum absolute atomic E-state index is 0.00702. The molecule has 1 N–H and O–H groups in total. The molecule has 0 saturated carbocycles. The van der Waals surface area contributed by atoms with Crippen molar-refractivity contribution in [2.24, 2.45) is 0 Å². The Morgan fingerprint density at radius 3 is 2.76 bits per heavy atom. The smallest absolute Gasteiger partial charge is 0.257 e. The molecule has 1 aromatic carbocycles. The number of carbonyl (C=O) groups excluding carboxylic acids is 1. The molecule has 0 aliphatic rings. The molecule has 0 aliphatic carbocycles. The number of halogens is 1. The second-order valence-corrected chi connectivity index (χ2v) is 5.71. The zero-order valence-electron chi connectivity index (χ0n) is 10.1. The molecule has 0 aliphatic heterocycles. The predicted molar refractivity (Wildman–Crippen MR) is 75.7 cm³/mol. The first kappa shape index (κ1) is 14.4. The van der Waals surface area contributed by atoms with Crippen LogP contribution in [0.2, 0.25) is 0 Å². The van der Waals surface area contributed by atoms with Gasteiger partial charge in [0, 0.05) is 23.3 Å². The molecule has 1 aromatic rings. The summed E-state index contributed by atoms with van der Waals surface area (Å²) in [4.78, 5) is 13.8. The fourth-order valence-corrected chi connectivity index (χ4v) is 2.48. The van der Waals surface area contributed by atoms with Gasteiger partial charge in [0.25, 0.3) is 5.91 Å². The number of phenols is 1. The van der Waals surface area contributed by atoms with E-state index in [1.807, 2.05) is 13.2 Å². The van der Waals surface area contributed by atoms with Gasteiger partial charge in [-0.25, -0.2) is 0 Å². The molecule has 0 heterocycles. The Balaban J connectivity index is 2.88. The second kappa shape index (κ2) is 6.31. The van der Waals surface area contributed by atoms with Crippen molar-refractivity contribution < 1.29 is 9.90 Å². The Bertz CT molecular complexity index is 411. The monoisotopic (exact) mass is 317 g/mol. The Kier molecular flexibility index (Phi) is 5.33. The van der Waals surface area contributed by atoms with Crippen LogP contribution >= 0.6 is 27.7 Å². The van der Waals surface area contributed by atoms with E-state index < -0.39 is 0 Å². The van der Waals surface area contributed by atoms with E-state index in [-0.39, 0.29) is 17.7 Å². The molecule has 0 saturated heterocycles. The summed E-state index contributed by atoms with van der Waals surface area (Å²) >= 11 is 4.94. The van der Waals surface area contributed by atoms with Crippen molar-refractivity contribution in [2.75, 3.05) is 19.1 Å². The first-order valence-corrected chi connectivity index (χ1v) is 7.40. The Hall–Kier alpha value is -0.680. The third kappa shape index (κ3) is 3.64. The molecular formula is C12H16BrNO2S. The first-order chi connectivity index (χ1) is 7.97. The zero-order valence-corrected chi connectivity index (χ0v) is 12.5. The molecule has 5 heteroatoms. The van der Waals surface area contributed by atoms with Gasteiger partial charge in [0.05, 0.1) is 5.56 Å². The van der Waals surface area contributed by atoms with E-state index in [0.717, 1.165) is 10.2 Å². The largest absolute Gasteiger partial charge is 0.507 e. The van der Waals surface area contributed by atoms with Crippen LogP contribution < -0.4 is 0 Å². The van der Waals surface area contributed by atoms with Gasteiger partial charge in [-0.2, -0.15) is 11.8 Å². The fourth-order valence-electron chi connectivity index (χ4n) is 1.43. The van der Waals surface area contributed by atoms with Crippen molar-refractivity contribution in [2.45, 2.75) is 13.0 Å². The second-order valence-electron chi connectivity index (χ2n) is 3.88. The molecule has 0 spiro atoms. The summed E-state index contributed by atoms with van der Waals surface area (Å²) in [7, 11) is 1.75. The number of aromatic hydroxyl groups is 1. The van der Waals surface area contributed by atoms with Gasteiger partial charge in [-0.1, -0.05) is 15.9 Å². The number of thioether (sulfide) groups is 1. The van der Waals surface area contributed by atoms with Gasteiger partial charge < -0.3 is 10.0 Å². The molecule has 3 nitrogen and oxygen atoms in total. The molecule has 1 atom stereocenters. The van der Waals surface area contributed by atoms with Gasteiger partial charge in [0.1, 0.15) is 5.75 Å². The highest BCUT2D eigenvalue weighted by Crippen LogP contribution is 2.24. The molecule has 1 unspecified atom stereocenters. The zero-order chi connectivity index (χ0) is 13.0. The number of amides is 1. The summed E-state index contributed by atoms with van der Waals surface area (Å²) in [5.41, 5.74) is 0.337. The van der Waals surface area contributed by atoms with Gasteiger partial charge in [-0.05, 0) is 31.4 Å². The number of nitrogens with zero attached hydrogens (tertiary/aromatic N) is 1. The van der Waals surface area contributed by atoms with Crippen LogP contribution in [0.3, 0.4) is 0 Å². The van der Waals surface area contributed by atoms with Crippen LogP contribution in [-0.4, -0.2) is 41.0 Å². The predicted octanol–water partition coefficient (Wildman–Crippen LogP) is 2.98. The number of hydrogen-bond donors (Lipinski definition) is 1. The lowest BCUT2D eigenvalue weighted by Gasteiger charge is -2.24. The highest BCUT2D eigenvalue weighted by Gasteiger charge is 2.19. The lowest BCUT2D eigenvalue weighted by atomic mass is 10.1. The lowest BCUT2D eigenvalue weighted by Crippen LogP contribution is -2.36. The lowest BCUT2D eigenvalue weighted by molar-refractivity contribution is 0.0754. The molecule has 0 fully saturated rings. The molecular weight excluding hydrogens is 302 g/mol. The van der Waals surface area contributed by atoms with Crippen molar-refractivity contribution in [3.63, 3.8) is 0 Å². The summed E-state index contributed by atoms with van der Waals surface area (Å²) in [6.07, 6.45) is 2.01. The van der Waals surface area contributed by atoms with E-state index >= 15 is 0 Å². The SMILES string of the molecule is CSCC(C)N(C)C(=O)c1ccc(Br)cc1O. The normalized spacial score (nSPS) is 12.2. The average molecular weight is 318 g/mol. The summed E-state index contributed by atoms with van der Waals surface area (Å²) < 4.78 is 0.756. The third-order valence-electron chi connectivity index (χ3n) is 2.58. The minimum Gasteiger partial charge on any atom is -0.507 e. The van der Waals surface area contributed by atoms with Crippen LogP contribution in [0.15, 0.2) is 22.7 Å². The number of phenolic OH excluding ortho intramolecular Hbond substituents is 1. The maximum Gasteiger partial charge on any atom is 0.257 e. The van der Waals surface area contributed by atoms with E-state index in [9.17, 15) is 9.90 Å². The van der Waals surface area contributed by atoms with Crippen molar-refractivity contribution in [1.29, 1.82) is 0 Å². The number of benzene rings is 1. The number of rotatable bonds is 4. The topological polar surface area (TPSA) is 40.5 Å². The first-order valence-electron chi connectivity index (χ1n) is 5.22. The maximum atomic E-state index is 12.1. The highest BCUT2D eigenvalue weighted by molar-refractivity contribution is 9.10. The van der Waals surface area contributed by atoms with E-state index in [1.54, 1.807) is 35.8 Å². The van der Waals surface area contributed by atoms with Crippen LogP contribution in [0, 0.1) is 0 Å². The van der Waals surface area contributed by atoms with Crippen molar-refractivity contribution in [3.05, 3.63) is 28.2 Å². The summed E-state index contributed by atoms with van der Waals surface area (Å²) in [5.74, 6) is 0.726. The molecule has 0 aromatic heterocycles. The molecule has 0 bridgehead atoms. The van der Waals surface area contributed by atoms with Crippen LogP contribution in [0.5, 0.6) is 5.75 Å². The van der Waals surface area contributed by atoms with Crippen molar-refractivity contribution >= 4 is 33.6 Å². The quantitative estimate of drug-likeness (QED) is 0.928. The highest BCUT2D eigenvalue weighted by atomic mass is 79.9. The Labute approximate surface area is 114 Å². The third-order valence-corrected chi connectivity index (χ3v) is 3.89. The van der Waals surface area contributed by atoms with E-state index in [0.29, 0.717) is 5.56 Å². The number of carbonyl (C=O) groups is 1. The van der Waals surface area contributed by atoms with E-state index in [2.05, 4.69) is 15.9 Å². The molecule has 17 heavy (non-hydrogen) atoms. The minimum atomic E-state index is -0.156. The van der Waals surface area contributed by atoms with Crippen LogP contribution in [-0.2, 0) is 0 Å². The standard InChI is InChI=1S/C12H16BrNO2S/c1-8(7-17-3)14(2)12(16)10-5-4-9(13)6-11(10)15/h4-6,8,15H,7H2,1-3H3. The van der Waals surface area contributed by atoms with Crippen LogP contribution in [0.25, 0.3) is 0 Å². The van der Waals surface area contributed by atoms with Gasteiger partial charge in [0.15, 0.2) is 0 Å². The van der Waals surface area contributed by atoms with Crippen molar-refractivity contribution in [3.8, 4) is 5.75 Å². The van der Waals surface area contributed by atoms with Gasteiger partial charge in [0.2, 0.25) is 0 Å².